The van der Waals surface area contributed by atoms with E-state index in [4.69, 9.17) is 0 Å². The van der Waals surface area contributed by atoms with Crippen molar-refractivity contribution in [2.45, 2.75) is 19.3 Å². The maximum atomic E-state index is 13.4. The van der Waals surface area contributed by atoms with Gasteiger partial charge in [0.15, 0.2) is 5.78 Å². The predicted molar refractivity (Wildman–Crippen MR) is 124 cm³/mol. The van der Waals surface area contributed by atoms with Crippen molar-refractivity contribution in [3.8, 4) is 0 Å². The summed E-state index contributed by atoms with van der Waals surface area (Å²) in [7, 11) is 0. The minimum atomic E-state index is 0.000667. The Balaban J connectivity index is 1.55. The van der Waals surface area contributed by atoms with Gasteiger partial charge in [-0.15, -0.1) is 0 Å². The standard InChI is InChI=1S/C28H23NO/c1-19-10-12-21(13-11-19)25(26-18-29-27-9-5-4-8-24(26)27)17-28(30)23-15-14-20-6-2-3-7-22(20)16-23/h2-16,18,25,29H,17H2,1H3. The van der Waals surface area contributed by atoms with E-state index < -0.39 is 0 Å². The lowest BCUT2D eigenvalue weighted by Gasteiger charge is -2.17. The van der Waals surface area contributed by atoms with E-state index in [9.17, 15) is 4.79 Å². The smallest absolute Gasteiger partial charge is 0.163 e. The summed E-state index contributed by atoms with van der Waals surface area (Å²) in [4.78, 5) is 16.7. The summed E-state index contributed by atoms with van der Waals surface area (Å²) in [5.74, 6) is 0.164. The molecular weight excluding hydrogens is 366 g/mol. The van der Waals surface area contributed by atoms with Gasteiger partial charge in [-0.2, -0.15) is 0 Å². The molecule has 0 aliphatic carbocycles. The third kappa shape index (κ3) is 3.42. The average Bonchev–Trinajstić information content (AvgIpc) is 3.21. The number of para-hydroxylation sites is 1. The van der Waals surface area contributed by atoms with Crippen molar-refractivity contribution in [2.75, 3.05) is 0 Å². The molecule has 5 rings (SSSR count). The molecule has 0 bridgehead atoms. The Labute approximate surface area is 176 Å². The number of hydrogen-bond donors (Lipinski definition) is 1. The van der Waals surface area contributed by atoms with Crippen LogP contribution < -0.4 is 0 Å². The van der Waals surface area contributed by atoms with Crippen LogP contribution in [-0.2, 0) is 0 Å². The van der Waals surface area contributed by atoms with E-state index in [1.54, 1.807) is 0 Å². The van der Waals surface area contributed by atoms with Crippen molar-refractivity contribution < 1.29 is 4.79 Å². The van der Waals surface area contributed by atoms with Crippen molar-refractivity contribution in [1.82, 2.24) is 4.98 Å². The van der Waals surface area contributed by atoms with Crippen LogP contribution in [0.3, 0.4) is 0 Å². The second-order valence-electron chi connectivity index (χ2n) is 7.94. The number of H-pyrrole nitrogens is 1. The van der Waals surface area contributed by atoms with Gasteiger partial charge in [0.1, 0.15) is 0 Å². The molecule has 0 saturated heterocycles. The normalized spacial score (nSPS) is 12.3. The third-order valence-corrected chi connectivity index (χ3v) is 5.94. The number of hydrogen-bond acceptors (Lipinski definition) is 1. The van der Waals surface area contributed by atoms with Gasteiger partial charge in [0.2, 0.25) is 0 Å². The van der Waals surface area contributed by atoms with Crippen molar-refractivity contribution >= 4 is 27.5 Å². The van der Waals surface area contributed by atoms with E-state index in [0.29, 0.717) is 6.42 Å². The lowest BCUT2D eigenvalue weighted by atomic mass is 9.85. The van der Waals surface area contributed by atoms with E-state index in [-0.39, 0.29) is 11.7 Å². The second-order valence-corrected chi connectivity index (χ2v) is 7.94. The minimum Gasteiger partial charge on any atom is -0.361 e. The monoisotopic (exact) mass is 389 g/mol. The van der Waals surface area contributed by atoms with Crippen molar-refractivity contribution in [3.63, 3.8) is 0 Å². The maximum Gasteiger partial charge on any atom is 0.163 e. The molecular formula is C28H23NO. The van der Waals surface area contributed by atoms with Gasteiger partial charge in [-0.3, -0.25) is 4.79 Å². The Morgan fingerprint density at radius 1 is 0.833 bits per heavy atom. The number of aromatic nitrogens is 1. The summed E-state index contributed by atoms with van der Waals surface area (Å²) < 4.78 is 0. The highest BCUT2D eigenvalue weighted by atomic mass is 16.1. The number of nitrogens with one attached hydrogen (secondary N) is 1. The molecule has 0 aliphatic heterocycles. The Morgan fingerprint density at radius 2 is 1.57 bits per heavy atom. The number of benzene rings is 4. The van der Waals surface area contributed by atoms with Gasteiger partial charge in [-0.25, -0.2) is 0 Å². The lowest BCUT2D eigenvalue weighted by Crippen LogP contribution is -2.09. The number of aromatic amines is 1. The van der Waals surface area contributed by atoms with E-state index in [0.717, 1.165) is 21.9 Å². The molecule has 146 valence electrons. The van der Waals surface area contributed by atoms with E-state index in [1.807, 2.05) is 36.4 Å². The molecule has 0 spiro atoms. The number of aryl methyl sites for hydroxylation is 1. The van der Waals surface area contributed by atoms with Crippen LogP contribution in [0.2, 0.25) is 0 Å². The second kappa shape index (κ2) is 7.64. The van der Waals surface area contributed by atoms with Crippen LogP contribution in [0.5, 0.6) is 0 Å². The van der Waals surface area contributed by atoms with Crippen molar-refractivity contribution in [2.24, 2.45) is 0 Å². The Bertz CT molecular complexity index is 1340. The van der Waals surface area contributed by atoms with Crippen molar-refractivity contribution in [1.29, 1.82) is 0 Å². The molecule has 1 aromatic heterocycles. The summed E-state index contributed by atoms with van der Waals surface area (Å²) in [5, 5.41) is 3.43. The van der Waals surface area contributed by atoms with Crippen LogP contribution in [0.1, 0.15) is 39.4 Å². The Hall–Kier alpha value is -3.65. The molecule has 0 aliphatic rings. The predicted octanol–water partition coefficient (Wildman–Crippen LogP) is 7.03. The first-order valence-electron chi connectivity index (χ1n) is 10.3. The van der Waals surface area contributed by atoms with E-state index in [1.165, 1.54) is 22.1 Å². The summed E-state index contributed by atoms with van der Waals surface area (Å²) in [5.41, 5.74) is 5.42. The molecule has 0 saturated carbocycles. The molecule has 0 radical (unpaired) electrons. The first-order valence-corrected chi connectivity index (χ1v) is 10.3. The van der Waals surface area contributed by atoms with Crippen LogP contribution >= 0.6 is 0 Å². The minimum absolute atomic E-state index is 0.000667. The summed E-state index contributed by atoms with van der Waals surface area (Å²) in [6.07, 6.45) is 2.49. The van der Waals surface area contributed by atoms with Gasteiger partial charge >= 0.3 is 0 Å². The summed E-state index contributed by atoms with van der Waals surface area (Å²) in [6.45, 7) is 2.09. The molecule has 30 heavy (non-hydrogen) atoms. The first-order chi connectivity index (χ1) is 14.7. The topological polar surface area (TPSA) is 32.9 Å². The Morgan fingerprint density at radius 3 is 2.40 bits per heavy atom. The van der Waals surface area contributed by atoms with E-state index in [2.05, 4.69) is 72.7 Å². The van der Waals surface area contributed by atoms with Gasteiger partial charge in [0.05, 0.1) is 0 Å². The van der Waals surface area contributed by atoms with Gasteiger partial charge in [0, 0.05) is 35.0 Å². The highest BCUT2D eigenvalue weighted by molar-refractivity contribution is 6.01. The maximum absolute atomic E-state index is 13.4. The number of carbonyl (C=O) groups is 1. The van der Waals surface area contributed by atoms with Gasteiger partial charge < -0.3 is 4.98 Å². The molecule has 5 aromatic rings. The molecule has 2 nitrogen and oxygen atoms in total. The number of fused-ring (bicyclic) bond motifs is 2. The van der Waals surface area contributed by atoms with Gasteiger partial charge in [0.25, 0.3) is 0 Å². The van der Waals surface area contributed by atoms with Crippen LogP contribution in [0.25, 0.3) is 21.7 Å². The largest absolute Gasteiger partial charge is 0.361 e. The zero-order valence-electron chi connectivity index (χ0n) is 16.9. The van der Waals surface area contributed by atoms with Crippen LogP contribution in [0.4, 0.5) is 0 Å². The zero-order chi connectivity index (χ0) is 20.5. The highest BCUT2D eigenvalue weighted by Crippen LogP contribution is 2.34. The first kappa shape index (κ1) is 18.4. The van der Waals surface area contributed by atoms with E-state index >= 15 is 0 Å². The van der Waals surface area contributed by atoms with Crippen LogP contribution in [0.15, 0.2) is 97.2 Å². The van der Waals surface area contributed by atoms with Crippen LogP contribution in [0, 0.1) is 6.92 Å². The fraction of sp³-hybridized carbons (Fsp3) is 0.107. The highest BCUT2D eigenvalue weighted by Gasteiger charge is 2.22. The number of rotatable bonds is 5. The fourth-order valence-electron chi connectivity index (χ4n) is 4.25. The summed E-state index contributed by atoms with van der Waals surface area (Å²) >= 11 is 0. The Kier molecular flexibility index (Phi) is 4.68. The number of Topliss-reactive ketones (excluding diaryl/α,β-unsaturated/α-hetero) is 1. The SMILES string of the molecule is Cc1ccc(C(CC(=O)c2ccc3ccccc3c2)c2c[nH]c3ccccc23)cc1. The molecule has 2 heteroatoms. The summed E-state index contributed by atoms with van der Waals surface area (Å²) in [6, 6.07) is 31.0. The molecule has 1 atom stereocenters. The number of carbonyl (C=O) groups excluding carboxylic acids is 1. The quantitative estimate of drug-likeness (QED) is 0.321. The molecule has 1 N–H and O–H groups in total. The number of ketones is 1. The van der Waals surface area contributed by atoms with Gasteiger partial charge in [-0.05, 0) is 41.0 Å². The molecule has 4 aromatic carbocycles. The molecule has 1 heterocycles. The average molecular weight is 389 g/mol. The lowest BCUT2D eigenvalue weighted by molar-refractivity contribution is 0.0978. The van der Waals surface area contributed by atoms with Crippen LogP contribution in [-0.4, -0.2) is 10.8 Å². The third-order valence-electron chi connectivity index (χ3n) is 5.94. The molecule has 1 unspecified atom stereocenters. The molecule has 0 amide bonds. The fourth-order valence-corrected chi connectivity index (χ4v) is 4.25. The molecule has 0 fully saturated rings. The zero-order valence-corrected chi connectivity index (χ0v) is 16.9. The van der Waals surface area contributed by atoms with Crippen molar-refractivity contribution in [3.05, 3.63) is 119 Å². The van der Waals surface area contributed by atoms with Gasteiger partial charge in [-0.1, -0.05) is 84.4 Å².